The maximum atomic E-state index is 11.8. The SMILES string of the molecule is COC(=O)CC1(CCc2ccc(-c3ccccc3)cc2)CCCC1. The molecule has 2 heteroatoms. The van der Waals surface area contributed by atoms with Gasteiger partial charge in [-0.05, 0) is 47.8 Å². The summed E-state index contributed by atoms with van der Waals surface area (Å²) in [6, 6.07) is 19.3. The average molecular weight is 322 g/mol. The number of methoxy groups -OCH3 is 1. The molecule has 3 rings (SSSR count). The molecule has 2 nitrogen and oxygen atoms in total. The number of hydrogen-bond donors (Lipinski definition) is 0. The van der Waals surface area contributed by atoms with Crippen LogP contribution in [0.2, 0.25) is 0 Å². The number of benzene rings is 2. The molecule has 0 aliphatic heterocycles. The van der Waals surface area contributed by atoms with Crippen LogP contribution in [0, 0.1) is 5.41 Å². The van der Waals surface area contributed by atoms with Crippen molar-refractivity contribution in [3.63, 3.8) is 0 Å². The molecule has 0 unspecified atom stereocenters. The highest BCUT2D eigenvalue weighted by Crippen LogP contribution is 2.45. The summed E-state index contributed by atoms with van der Waals surface area (Å²) in [4.78, 5) is 11.8. The molecule has 0 atom stereocenters. The van der Waals surface area contributed by atoms with Crippen LogP contribution in [0.5, 0.6) is 0 Å². The third-order valence-corrected chi connectivity index (χ3v) is 5.42. The standard InChI is InChI=1S/C22H26O2/c1-24-21(23)17-22(14-5-6-15-22)16-13-18-9-11-20(12-10-18)19-7-3-2-4-8-19/h2-4,7-12H,5-6,13-17H2,1H3. The van der Waals surface area contributed by atoms with Crippen molar-refractivity contribution in [1.29, 1.82) is 0 Å². The molecule has 1 aliphatic carbocycles. The smallest absolute Gasteiger partial charge is 0.306 e. The van der Waals surface area contributed by atoms with Gasteiger partial charge in [0, 0.05) is 0 Å². The molecule has 1 fully saturated rings. The van der Waals surface area contributed by atoms with E-state index < -0.39 is 0 Å². The molecule has 1 saturated carbocycles. The number of carbonyl (C=O) groups excluding carboxylic acids is 1. The van der Waals surface area contributed by atoms with Crippen LogP contribution >= 0.6 is 0 Å². The van der Waals surface area contributed by atoms with E-state index in [9.17, 15) is 4.79 Å². The lowest BCUT2D eigenvalue weighted by molar-refractivity contribution is -0.143. The van der Waals surface area contributed by atoms with Gasteiger partial charge in [0.05, 0.1) is 13.5 Å². The summed E-state index contributed by atoms with van der Waals surface area (Å²) < 4.78 is 4.92. The van der Waals surface area contributed by atoms with E-state index in [1.165, 1.54) is 36.6 Å². The lowest BCUT2D eigenvalue weighted by Gasteiger charge is -2.27. The van der Waals surface area contributed by atoms with Crippen LogP contribution < -0.4 is 0 Å². The second-order valence-electron chi connectivity index (χ2n) is 7.02. The lowest BCUT2D eigenvalue weighted by atomic mass is 9.77. The molecule has 0 amide bonds. The highest BCUT2D eigenvalue weighted by molar-refractivity contribution is 5.70. The average Bonchev–Trinajstić information content (AvgIpc) is 3.10. The first kappa shape index (κ1) is 16.8. The summed E-state index contributed by atoms with van der Waals surface area (Å²) >= 11 is 0. The van der Waals surface area contributed by atoms with Crippen molar-refractivity contribution in [2.45, 2.75) is 44.9 Å². The van der Waals surface area contributed by atoms with E-state index >= 15 is 0 Å². The lowest BCUT2D eigenvalue weighted by Crippen LogP contribution is -2.22. The zero-order valence-electron chi connectivity index (χ0n) is 14.5. The number of hydrogen-bond acceptors (Lipinski definition) is 2. The van der Waals surface area contributed by atoms with E-state index in [1.54, 1.807) is 0 Å². The Hall–Kier alpha value is -2.09. The van der Waals surface area contributed by atoms with Gasteiger partial charge in [-0.1, -0.05) is 67.4 Å². The molecule has 0 radical (unpaired) electrons. The highest BCUT2D eigenvalue weighted by atomic mass is 16.5. The predicted molar refractivity (Wildman–Crippen MR) is 97.7 cm³/mol. The number of ether oxygens (including phenoxy) is 1. The Kier molecular flexibility index (Phi) is 5.34. The van der Waals surface area contributed by atoms with Gasteiger partial charge in [0.25, 0.3) is 0 Å². The number of carbonyl (C=O) groups is 1. The van der Waals surface area contributed by atoms with Gasteiger partial charge >= 0.3 is 5.97 Å². The summed E-state index contributed by atoms with van der Waals surface area (Å²) in [7, 11) is 1.49. The molecule has 0 aromatic heterocycles. The summed E-state index contributed by atoms with van der Waals surface area (Å²) in [5, 5.41) is 0. The molecule has 0 spiro atoms. The van der Waals surface area contributed by atoms with Crippen molar-refractivity contribution < 1.29 is 9.53 Å². The van der Waals surface area contributed by atoms with Gasteiger partial charge in [0.2, 0.25) is 0 Å². The van der Waals surface area contributed by atoms with Gasteiger partial charge in [-0.25, -0.2) is 0 Å². The van der Waals surface area contributed by atoms with Crippen LogP contribution in [0.3, 0.4) is 0 Å². The van der Waals surface area contributed by atoms with Crippen LogP contribution in [-0.2, 0) is 16.0 Å². The molecular formula is C22H26O2. The van der Waals surface area contributed by atoms with E-state index in [4.69, 9.17) is 4.74 Å². The normalized spacial score (nSPS) is 16.0. The van der Waals surface area contributed by atoms with Gasteiger partial charge in [-0.15, -0.1) is 0 Å². The second kappa shape index (κ2) is 7.65. The summed E-state index contributed by atoms with van der Waals surface area (Å²) in [6.45, 7) is 0. The Balaban J connectivity index is 1.64. The third kappa shape index (κ3) is 4.05. The highest BCUT2D eigenvalue weighted by Gasteiger charge is 2.35. The van der Waals surface area contributed by atoms with Gasteiger partial charge in [0.15, 0.2) is 0 Å². The first-order valence-electron chi connectivity index (χ1n) is 8.92. The van der Waals surface area contributed by atoms with Crippen LogP contribution in [0.25, 0.3) is 11.1 Å². The Labute approximate surface area is 144 Å². The summed E-state index contributed by atoms with van der Waals surface area (Å²) in [6.07, 6.45) is 7.48. The molecular weight excluding hydrogens is 296 g/mol. The minimum absolute atomic E-state index is 0.0590. The topological polar surface area (TPSA) is 26.3 Å². The molecule has 126 valence electrons. The molecule has 0 heterocycles. The zero-order valence-corrected chi connectivity index (χ0v) is 14.5. The Morgan fingerprint density at radius 3 is 2.21 bits per heavy atom. The van der Waals surface area contributed by atoms with E-state index in [-0.39, 0.29) is 11.4 Å². The van der Waals surface area contributed by atoms with Crippen LogP contribution in [-0.4, -0.2) is 13.1 Å². The van der Waals surface area contributed by atoms with Crippen molar-refractivity contribution in [3.05, 3.63) is 60.2 Å². The molecule has 0 N–H and O–H groups in total. The van der Waals surface area contributed by atoms with Crippen molar-refractivity contribution in [1.82, 2.24) is 0 Å². The number of esters is 1. The minimum atomic E-state index is -0.0590. The molecule has 2 aromatic rings. The Bertz CT molecular complexity index is 652. The third-order valence-electron chi connectivity index (χ3n) is 5.42. The fourth-order valence-corrected chi connectivity index (χ4v) is 3.92. The molecule has 1 aliphatic rings. The van der Waals surface area contributed by atoms with E-state index in [0.29, 0.717) is 6.42 Å². The monoisotopic (exact) mass is 322 g/mol. The molecule has 0 bridgehead atoms. The van der Waals surface area contributed by atoms with Crippen LogP contribution in [0.15, 0.2) is 54.6 Å². The predicted octanol–water partition coefficient (Wildman–Crippen LogP) is 5.41. The van der Waals surface area contributed by atoms with E-state index in [0.717, 1.165) is 25.7 Å². The second-order valence-corrected chi connectivity index (χ2v) is 7.02. The van der Waals surface area contributed by atoms with Gasteiger partial charge in [0.1, 0.15) is 0 Å². The summed E-state index contributed by atoms with van der Waals surface area (Å²) in [5.41, 5.74) is 4.02. The molecule has 24 heavy (non-hydrogen) atoms. The minimum Gasteiger partial charge on any atom is -0.469 e. The Morgan fingerprint density at radius 2 is 1.58 bits per heavy atom. The van der Waals surface area contributed by atoms with Crippen molar-refractivity contribution in [2.75, 3.05) is 7.11 Å². The first-order chi connectivity index (χ1) is 11.7. The fraction of sp³-hybridized carbons (Fsp3) is 0.409. The van der Waals surface area contributed by atoms with Gasteiger partial charge in [-0.3, -0.25) is 4.79 Å². The van der Waals surface area contributed by atoms with Crippen LogP contribution in [0.4, 0.5) is 0 Å². The molecule has 2 aromatic carbocycles. The quantitative estimate of drug-likeness (QED) is 0.665. The Morgan fingerprint density at radius 1 is 0.958 bits per heavy atom. The van der Waals surface area contributed by atoms with Gasteiger partial charge in [-0.2, -0.15) is 0 Å². The number of rotatable bonds is 6. The largest absolute Gasteiger partial charge is 0.469 e. The van der Waals surface area contributed by atoms with Crippen molar-refractivity contribution >= 4 is 5.97 Å². The van der Waals surface area contributed by atoms with Gasteiger partial charge < -0.3 is 4.74 Å². The van der Waals surface area contributed by atoms with Crippen molar-refractivity contribution in [2.24, 2.45) is 5.41 Å². The first-order valence-corrected chi connectivity index (χ1v) is 8.92. The molecule has 0 saturated heterocycles. The fourth-order valence-electron chi connectivity index (χ4n) is 3.92. The maximum Gasteiger partial charge on any atom is 0.306 e. The maximum absolute atomic E-state index is 11.8. The number of aryl methyl sites for hydroxylation is 1. The van der Waals surface area contributed by atoms with Crippen LogP contribution in [0.1, 0.15) is 44.1 Å². The zero-order chi connectivity index (χ0) is 16.8. The van der Waals surface area contributed by atoms with E-state index in [2.05, 4.69) is 48.5 Å². The summed E-state index contributed by atoms with van der Waals surface area (Å²) in [5.74, 6) is -0.0590. The van der Waals surface area contributed by atoms with E-state index in [1.807, 2.05) is 6.07 Å². The van der Waals surface area contributed by atoms with Crippen molar-refractivity contribution in [3.8, 4) is 11.1 Å².